The SMILES string of the molecule is Cc1cccc(C[C@@H]2CN(C(=O)OC(C)(C)C)C[C@H]2CN(C2CC2)S(=O)(=O)c2ccccc2N=O)c1. The fraction of sp³-hybridized carbons (Fsp3) is 0.519. The van der Waals surface area contributed by atoms with Gasteiger partial charge in [-0.1, -0.05) is 42.0 Å². The number of hydrogen-bond acceptors (Lipinski definition) is 6. The van der Waals surface area contributed by atoms with E-state index in [1.807, 2.05) is 39.8 Å². The van der Waals surface area contributed by atoms with Crippen LogP contribution in [0.2, 0.25) is 0 Å². The zero-order chi connectivity index (χ0) is 26.1. The standard InChI is InChI=1S/C27H35N3O5S/c1-19-8-7-9-20(14-19)15-21-16-29(26(31)35-27(2,3)4)17-22(21)18-30(23-12-13-23)36(33,34)25-11-6-5-10-24(25)28-32/h5-11,14,21-23H,12-13,15-18H2,1-4H3/t21-,22+/m1/s1. The second kappa shape index (κ2) is 10.3. The molecule has 0 N–H and O–H groups in total. The first-order valence-corrected chi connectivity index (χ1v) is 13.9. The Morgan fingerprint density at radius 2 is 1.78 bits per heavy atom. The quantitative estimate of drug-likeness (QED) is 0.448. The molecular weight excluding hydrogens is 478 g/mol. The van der Waals surface area contributed by atoms with Crippen molar-refractivity contribution in [3.05, 3.63) is 64.6 Å². The molecule has 0 bridgehead atoms. The van der Waals surface area contributed by atoms with Crippen molar-refractivity contribution in [2.24, 2.45) is 17.0 Å². The van der Waals surface area contributed by atoms with Crippen molar-refractivity contribution in [2.75, 3.05) is 19.6 Å². The summed E-state index contributed by atoms with van der Waals surface area (Å²) < 4.78 is 34.6. The molecule has 1 saturated heterocycles. The monoisotopic (exact) mass is 513 g/mol. The molecule has 2 fully saturated rings. The van der Waals surface area contributed by atoms with E-state index in [9.17, 15) is 18.1 Å². The van der Waals surface area contributed by atoms with Crippen LogP contribution < -0.4 is 0 Å². The first-order valence-electron chi connectivity index (χ1n) is 12.5. The first kappa shape index (κ1) is 26.3. The highest BCUT2D eigenvalue weighted by Gasteiger charge is 2.44. The Morgan fingerprint density at radius 3 is 2.42 bits per heavy atom. The molecular formula is C27H35N3O5S. The van der Waals surface area contributed by atoms with Crippen molar-refractivity contribution in [1.82, 2.24) is 9.21 Å². The van der Waals surface area contributed by atoms with Crippen molar-refractivity contribution < 1.29 is 17.9 Å². The average Bonchev–Trinajstić information content (AvgIpc) is 3.57. The van der Waals surface area contributed by atoms with Crippen molar-refractivity contribution in [1.29, 1.82) is 0 Å². The van der Waals surface area contributed by atoms with Gasteiger partial charge in [-0.3, -0.25) is 0 Å². The van der Waals surface area contributed by atoms with E-state index in [1.54, 1.807) is 17.0 Å². The molecule has 1 saturated carbocycles. The number of nitroso groups, excluding NO2 is 1. The minimum atomic E-state index is -3.93. The predicted octanol–water partition coefficient (Wildman–Crippen LogP) is 5.27. The minimum absolute atomic E-state index is 0.0650. The van der Waals surface area contributed by atoms with Crippen LogP contribution in [-0.4, -0.2) is 55.0 Å². The number of sulfonamides is 1. The fourth-order valence-corrected chi connectivity index (χ4v) is 6.77. The van der Waals surface area contributed by atoms with Crippen LogP contribution >= 0.6 is 0 Å². The van der Waals surface area contributed by atoms with E-state index in [-0.39, 0.29) is 41.1 Å². The number of hydrogen-bond donors (Lipinski definition) is 0. The van der Waals surface area contributed by atoms with Crippen LogP contribution in [0.5, 0.6) is 0 Å². The van der Waals surface area contributed by atoms with E-state index in [4.69, 9.17) is 4.74 Å². The smallest absolute Gasteiger partial charge is 0.410 e. The summed E-state index contributed by atoms with van der Waals surface area (Å²) in [7, 11) is -3.93. The molecule has 2 aromatic carbocycles. The van der Waals surface area contributed by atoms with Crippen molar-refractivity contribution in [2.45, 2.75) is 63.5 Å². The number of amides is 1. The summed E-state index contributed by atoms with van der Waals surface area (Å²) in [6.45, 7) is 8.74. The maximum atomic E-state index is 13.7. The van der Waals surface area contributed by atoms with E-state index in [0.717, 1.165) is 30.4 Å². The molecule has 2 aromatic rings. The Balaban J connectivity index is 1.62. The van der Waals surface area contributed by atoms with Gasteiger partial charge in [-0.15, -0.1) is 4.91 Å². The third-order valence-corrected chi connectivity index (χ3v) is 8.69. The van der Waals surface area contributed by atoms with Crippen molar-refractivity contribution in [3.63, 3.8) is 0 Å². The summed E-state index contributed by atoms with van der Waals surface area (Å²) in [6.07, 6.45) is 1.91. The number of carbonyl (C=O) groups excluding carboxylic acids is 1. The van der Waals surface area contributed by atoms with E-state index in [1.165, 1.54) is 16.4 Å². The molecule has 2 atom stereocenters. The molecule has 194 valence electrons. The number of aryl methyl sites for hydroxylation is 1. The van der Waals surface area contributed by atoms with E-state index < -0.39 is 15.6 Å². The summed E-state index contributed by atoms with van der Waals surface area (Å²) in [5.41, 5.74) is 1.62. The Hall–Kier alpha value is -2.78. The Labute approximate surface area is 213 Å². The van der Waals surface area contributed by atoms with Gasteiger partial charge in [0, 0.05) is 25.7 Å². The van der Waals surface area contributed by atoms with Crippen molar-refractivity contribution in [3.8, 4) is 0 Å². The van der Waals surface area contributed by atoms with Gasteiger partial charge in [0.2, 0.25) is 10.0 Å². The van der Waals surface area contributed by atoms with Crippen LogP contribution in [0.25, 0.3) is 0 Å². The molecule has 4 rings (SSSR count). The number of rotatable bonds is 8. The van der Waals surface area contributed by atoms with E-state index >= 15 is 0 Å². The molecule has 1 heterocycles. The molecule has 1 aliphatic heterocycles. The summed E-state index contributed by atoms with van der Waals surface area (Å²) in [6, 6.07) is 14.2. The second-order valence-corrected chi connectivity index (χ2v) is 12.8. The van der Waals surface area contributed by atoms with E-state index in [2.05, 4.69) is 17.3 Å². The predicted molar refractivity (Wildman–Crippen MR) is 138 cm³/mol. The van der Waals surface area contributed by atoms with Crippen molar-refractivity contribution >= 4 is 21.8 Å². The van der Waals surface area contributed by atoms with Gasteiger partial charge in [-0.2, -0.15) is 4.31 Å². The third kappa shape index (κ3) is 6.13. The lowest BCUT2D eigenvalue weighted by Gasteiger charge is -2.28. The normalized spacial score (nSPS) is 20.5. The van der Waals surface area contributed by atoms with Crippen LogP contribution in [0.3, 0.4) is 0 Å². The zero-order valence-corrected chi connectivity index (χ0v) is 22.2. The molecule has 36 heavy (non-hydrogen) atoms. The van der Waals surface area contributed by atoms with Gasteiger partial charge < -0.3 is 9.64 Å². The van der Waals surface area contributed by atoms with Crippen LogP contribution in [0.4, 0.5) is 10.5 Å². The van der Waals surface area contributed by atoms with Gasteiger partial charge in [-0.05, 0) is 81.7 Å². The summed E-state index contributed by atoms with van der Waals surface area (Å²) in [4.78, 5) is 25.9. The Bertz CT molecular complexity index is 1220. The molecule has 9 heteroatoms. The number of carbonyl (C=O) groups is 1. The largest absolute Gasteiger partial charge is 0.444 e. The molecule has 1 aliphatic carbocycles. The lowest BCUT2D eigenvalue weighted by Crippen LogP contribution is -2.40. The second-order valence-electron chi connectivity index (χ2n) is 11.0. The zero-order valence-electron chi connectivity index (χ0n) is 21.4. The van der Waals surface area contributed by atoms with Gasteiger partial charge in [0.15, 0.2) is 0 Å². The Kier molecular flexibility index (Phi) is 7.52. The maximum absolute atomic E-state index is 13.7. The summed E-state index contributed by atoms with van der Waals surface area (Å²) >= 11 is 0. The maximum Gasteiger partial charge on any atom is 0.410 e. The summed E-state index contributed by atoms with van der Waals surface area (Å²) in [5, 5.41) is 2.95. The van der Waals surface area contributed by atoms with E-state index in [0.29, 0.717) is 13.1 Å². The van der Waals surface area contributed by atoms with Gasteiger partial charge in [-0.25, -0.2) is 13.2 Å². The molecule has 0 spiro atoms. The average molecular weight is 514 g/mol. The Morgan fingerprint density at radius 1 is 1.08 bits per heavy atom. The highest BCUT2D eigenvalue weighted by Crippen LogP contribution is 2.38. The van der Waals surface area contributed by atoms with Crippen LogP contribution in [0, 0.1) is 23.7 Å². The molecule has 0 radical (unpaired) electrons. The summed E-state index contributed by atoms with van der Waals surface area (Å²) in [5.74, 6) is -0.0139. The first-order chi connectivity index (χ1) is 17.0. The lowest BCUT2D eigenvalue weighted by molar-refractivity contribution is 0.0283. The topological polar surface area (TPSA) is 96.3 Å². The van der Waals surface area contributed by atoms with Gasteiger partial charge in [0.25, 0.3) is 0 Å². The van der Waals surface area contributed by atoms with Crippen LogP contribution in [0.15, 0.2) is 58.6 Å². The molecule has 8 nitrogen and oxygen atoms in total. The van der Waals surface area contributed by atoms with Gasteiger partial charge in [0.1, 0.15) is 16.2 Å². The lowest BCUT2D eigenvalue weighted by atomic mass is 9.89. The fourth-order valence-electron chi connectivity index (χ4n) is 4.91. The van der Waals surface area contributed by atoms with Gasteiger partial charge in [0.05, 0.1) is 0 Å². The number of likely N-dealkylation sites (tertiary alicyclic amines) is 1. The number of benzene rings is 2. The highest BCUT2D eigenvalue weighted by atomic mass is 32.2. The number of ether oxygens (including phenoxy) is 1. The molecule has 1 amide bonds. The van der Waals surface area contributed by atoms with Gasteiger partial charge >= 0.3 is 6.09 Å². The molecule has 2 aliphatic rings. The number of nitrogens with zero attached hydrogens (tertiary/aromatic N) is 3. The minimum Gasteiger partial charge on any atom is -0.444 e. The third-order valence-electron chi connectivity index (χ3n) is 6.73. The van der Waals surface area contributed by atoms with Crippen LogP contribution in [-0.2, 0) is 21.2 Å². The highest BCUT2D eigenvalue weighted by molar-refractivity contribution is 7.89. The van der Waals surface area contributed by atoms with Crippen LogP contribution in [0.1, 0.15) is 44.7 Å². The molecule has 0 aromatic heterocycles. The molecule has 0 unspecified atom stereocenters.